The Balaban J connectivity index is 2.34. The van der Waals surface area contributed by atoms with Gasteiger partial charge in [-0.05, 0) is 42.7 Å². The van der Waals surface area contributed by atoms with Crippen molar-refractivity contribution in [3.8, 4) is 11.5 Å². The first-order valence-corrected chi connectivity index (χ1v) is 7.05. The van der Waals surface area contributed by atoms with Crippen LogP contribution in [0.2, 0.25) is 0 Å². The Kier molecular flexibility index (Phi) is 5.30. The molecule has 1 unspecified atom stereocenters. The van der Waals surface area contributed by atoms with Gasteiger partial charge in [0, 0.05) is 6.07 Å². The van der Waals surface area contributed by atoms with Crippen LogP contribution in [0.25, 0.3) is 0 Å². The highest BCUT2D eigenvalue weighted by molar-refractivity contribution is 5.42. The van der Waals surface area contributed by atoms with Crippen LogP contribution < -0.4 is 14.8 Å². The Morgan fingerprint density at radius 2 is 1.90 bits per heavy atom. The van der Waals surface area contributed by atoms with Gasteiger partial charge in [-0.1, -0.05) is 6.92 Å². The second-order valence-electron chi connectivity index (χ2n) is 4.80. The van der Waals surface area contributed by atoms with Gasteiger partial charge in [0.25, 0.3) is 0 Å². The third kappa shape index (κ3) is 3.45. The first-order valence-electron chi connectivity index (χ1n) is 7.05. The van der Waals surface area contributed by atoms with E-state index >= 15 is 0 Å². The van der Waals surface area contributed by atoms with Crippen molar-refractivity contribution in [1.29, 1.82) is 0 Å². The zero-order valence-corrected chi connectivity index (χ0v) is 12.4. The van der Waals surface area contributed by atoms with E-state index in [1.807, 2.05) is 24.5 Å². The quantitative estimate of drug-likeness (QED) is 0.867. The molecule has 0 fully saturated rings. The van der Waals surface area contributed by atoms with Crippen LogP contribution in [0, 0.1) is 0 Å². The van der Waals surface area contributed by atoms with Crippen molar-refractivity contribution in [3.05, 3.63) is 35.6 Å². The molecule has 1 aromatic rings. The molecule has 20 heavy (non-hydrogen) atoms. The van der Waals surface area contributed by atoms with Crippen LogP contribution in [0.5, 0.6) is 11.5 Å². The van der Waals surface area contributed by atoms with Gasteiger partial charge in [0.05, 0.1) is 33.1 Å². The van der Waals surface area contributed by atoms with Crippen molar-refractivity contribution >= 4 is 0 Å². The molecular weight excluding hydrogens is 254 g/mol. The van der Waals surface area contributed by atoms with E-state index in [9.17, 15) is 0 Å². The Bertz CT molecular complexity index is 449. The first-order chi connectivity index (χ1) is 9.78. The summed E-state index contributed by atoms with van der Waals surface area (Å²) in [7, 11) is 3.34. The van der Waals surface area contributed by atoms with E-state index in [2.05, 4.69) is 12.2 Å². The average molecular weight is 277 g/mol. The summed E-state index contributed by atoms with van der Waals surface area (Å²) < 4.78 is 16.2. The summed E-state index contributed by atoms with van der Waals surface area (Å²) in [5.41, 5.74) is 2.41. The molecule has 0 amide bonds. The standard InChI is InChI=1S/C16H23NO3/c1-4-17-16(12-6-5-7-20-11-12)13-8-14(18-2)10-15(9-13)19-3/h8-11,16-17H,4-7H2,1-3H3. The Labute approximate surface area is 120 Å². The smallest absolute Gasteiger partial charge is 0.122 e. The van der Waals surface area contributed by atoms with Gasteiger partial charge in [-0.2, -0.15) is 0 Å². The topological polar surface area (TPSA) is 39.7 Å². The molecule has 1 aliphatic heterocycles. The summed E-state index contributed by atoms with van der Waals surface area (Å²) in [6.07, 6.45) is 4.01. The molecular formula is C16H23NO3. The summed E-state index contributed by atoms with van der Waals surface area (Å²) in [6.45, 7) is 3.81. The third-order valence-electron chi connectivity index (χ3n) is 3.45. The molecule has 1 aromatic carbocycles. The lowest BCUT2D eigenvalue weighted by molar-refractivity contribution is 0.219. The van der Waals surface area contributed by atoms with Crippen LogP contribution in [-0.4, -0.2) is 27.4 Å². The van der Waals surface area contributed by atoms with Crippen LogP contribution in [0.1, 0.15) is 31.4 Å². The molecule has 0 radical (unpaired) electrons. The molecule has 0 aliphatic carbocycles. The van der Waals surface area contributed by atoms with Crippen molar-refractivity contribution < 1.29 is 14.2 Å². The minimum Gasteiger partial charge on any atom is -0.501 e. The fraction of sp³-hybridized carbons (Fsp3) is 0.500. The lowest BCUT2D eigenvalue weighted by Gasteiger charge is -2.25. The Morgan fingerprint density at radius 3 is 2.40 bits per heavy atom. The van der Waals surface area contributed by atoms with E-state index in [1.54, 1.807) is 14.2 Å². The number of methoxy groups -OCH3 is 2. The molecule has 0 spiro atoms. The molecule has 0 saturated heterocycles. The minimum atomic E-state index is 0.143. The highest BCUT2D eigenvalue weighted by atomic mass is 16.5. The monoisotopic (exact) mass is 277 g/mol. The van der Waals surface area contributed by atoms with Crippen LogP contribution in [0.15, 0.2) is 30.0 Å². The molecule has 0 saturated carbocycles. The summed E-state index contributed by atoms with van der Waals surface area (Å²) >= 11 is 0. The summed E-state index contributed by atoms with van der Waals surface area (Å²) in [4.78, 5) is 0. The van der Waals surface area contributed by atoms with Gasteiger partial charge < -0.3 is 19.5 Å². The summed E-state index contributed by atoms with van der Waals surface area (Å²) in [5.74, 6) is 1.61. The maximum Gasteiger partial charge on any atom is 0.122 e. The van der Waals surface area contributed by atoms with E-state index < -0.39 is 0 Å². The van der Waals surface area contributed by atoms with Gasteiger partial charge in [0.1, 0.15) is 11.5 Å². The number of benzene rings is 1. The molecule has 1 heterocycles. The van der Waals surface area contributed by atoms with Gasteiger partial charge >= 0.3 is 0 Å². The lowest BCUT2D eigenvalue weighted by Crippen LogP contribution is -2.24. The van der Waals surface area contributed by atoms with Crippen LogP contribution in [-0.2, 0) is 4.74 Å². The molecule has 4 heteroatoms. The molecule has 2 rings (SSSR count). The number of hydrogen-bond acceptors (Lipinski definition) is 4. The number of nitrogens with one attached hydrogen (secondary N) is 1. The van der Waals surface area contributed by atoms with E-state index in [1.165, 1.54) is 5.57 Å². The largest absolute Gasteiger partial charge is 0.501 e. The highest BCUT2D eigenvalue weighted by Gasteiger charge is 2.19. The second-order valence-corrected chi connectivity index (χ2v) is 4.80. The van der Waals surface area contributed by atoms with Gasteiger partial charge in [-0.3, -0.25) is 0 Å². The molecule has 1 N–H and O–H groups in total. The first kappa shape index (κ1) is 14.7. The van der Waals surface area contributed by atoms with Crippen LogP contribution >= 0.6 is 0 Å². The fourth-order valence-electron chi connectivity index (χ4n) is 2.46. The SMILES string of the molecule is CCNC(C1=COCCC1)c1cc(OC)cc(OC)c1. The van der Waals surface area contributed by atoms with E-state index in [-0.39, 0.29) is 6.04 Å². The Morgan fingerprint density at radius 1 is 1.20 bits per heavy atom. The van der Waals surface area contributed by atoms with Crippen molar-refractivity contribution in [2.24, 2.45) is 0 Å². The minimum absolute atomic E-state index is 0.143. The Hall–Kier alpha value is -1.68. The lowest BCUT2D eigenvalue weighted by atomic mass is 9.95. The van der Waals surface area contributed by atoms with Crippen LogP contribution in [0.3, 0.4) is 0 Å². The maximum atomic E-state index is 5.48. The van der Waals surface area contributed by atoms with Gasteiger partial charge in [0.15, 0.2) is 0 Å². The summed E-state index contributed by atoms with van der Waals surface area (Å²) in [5, 5.41) is 3.51. The molecule has 110 valence electrons. The van der Waals surface area contributed by atoms with Gasteiger partial charge in [-0.15, -0.1) is 0 Å². The molecule has 0 bridgehead atoms. The van der Waals surface area contributed by atoms with E-state index in [0.717, 1.165) is 43.1 Å². The second kappa shape index (κ2) is 7.20. The molecule has 1 atom stereocenters. The zero-order chi connectivity index (χ0) is 14.4. The highest BCUT2D eigenvalue weighted by Crippen LogP contribution is 2.32. The molecule has 1 aliphatic rings. The van der Waals surface area contributed by atoms with Gasteiger partial charge in [0.2, 0.25) is 0 Å². The zero-order valence-electron chi connectivity index (χ0n) is 12.4. The maximum absolute atomic E-state index is 5.48. The van der Waals surface area contributed by atoms with E-state index in [4.69, 9.17) is 14.2 Å². The number of likely N-dealkylation sites (N-methyl/N-ethyl adjacent to an activating group) is 1. The van der Waals surface area contributed by atoms with E-state index in [0.29, 0.717) is 0 Å². The number of ether oxygens (including phenoxy) is 3. The van der Waals surface area contributed by atoms with Crippen molar-refractivity contribution in [3.63, 3.8) is 0 Å². The van der Waals surface area contributed by atoms with Crippen molar-refractivity contribution in [2.75, 3.05) is 27.4 Å². The van der Waals surface area contributed by atoms with Crippen LogP contribution in [0.4, 0.5) is 0 Å². The third-order valence-corrected chi connectivity index (χ3v) is 3.45. The number of rotatable bonds is 6. The van der Waals surface area contributed by atoms with Gasteiger partial charge in [-0.25, -0.2) is 0 Å². The average Bonchev–Trinajstić information content (AvgIpc) is 2.52. The number of hydrogen-bond donors (Lipinski definition) is 1. The summed E-state index contributed by atoms with van der Waals surface area (Å²) in [6, 6.07) is 6.12. The predicted molar refractivity (Wildman–Crippen MR) is 79.2 cm³/mol. The van der Waals surface area contributed by atoms with Crippen molar-refractivity contribution in [2.45, 2.75) is 25.8 Å². The molecule has 4 nitrogen and oxygen atoms in total. The fourth-order valence-corrected chi connectivity index (χ4v) is 2.46. The normalized spacial score (nSPS) is 16.1. The predicted octanol–water partition coefficient (Wildman–Crippen LogP) is 3.05. The molecule has 0 aromatic heterocycles. The van der Waals surface area contributed by atoms with Crippen molar-refractivity contribution in [1.82, 2.24) is 5.32 Å².